The van der Waals surface area contributed by atoms with Gasteiger partial charge in [0, 0.05) is 24.8 Å². The molecule has 1 saturated carbocycles. The van der Waals surface area contributed by atoms with Crippen LogP contribution in [0.4, 0.5) is 10.5 Å². The Morgan fingerprint density at radius 3 is 2.39 bits per heavy atom. The van der Waals surface area contributed by atoms with Crippen LogP contribution in [0.15, 0.2) is 12.4 Å². The molecule has 0 aliphatic heterocycles. The largest absolute Gasteiger partial charge is 0.465 e. The number of alkyl carbamates (subject to hydrolysis) is 1. The predicted molar refractivity (Wildman–Crippen MR) is 109 cm³/mol. The molecular formula is C21H33N3O4. The lowest BCUT2D eigenvalue weighted by Crippen LogP contribution is -2.45. The van der Waals surface area contributed by atoms with Crippen LogP contribution in [-0.4, -0.2) is 48.4 Å². The van der Waals surface area contributed by atoms with E-state index in [0.717, 1.165) is 43.5 Å². The highest BCUT2D eigenvalue weighted by molar-refractivity contribution is 5.92. The van der Waals surface area contributed by atoms with E-state index in [4.69, 9.17) is 9.47 Å². The first-order valence-corrected chi connectivity index (χ1v) is 9.95. The van der Waals surface area contributed by atoms with E-state index in [2.05, 4.69) is 22.1 Å². The zero-order valence-corrected chi connectivity index (χ0v) is 17.9. The first kappa shape index (κ1) is 22.0. The molecule has 0 bridgehead atoms. The number of esters is 1. The van der Waals surface area contributed by atoms with Crippen molar-refractivity contribution < 1.29 is 19.1 Å². The number of aromatic nitrogens is 1. The molecule has 156 valence electrons. The van der Waals surface area contributed by atoms with Crippen LogP contribution in [0.5, 0.6) is 0 Å². The summed E-state index contributed by atoms with van der Waals surface area (Å²) in [6.07, 6.45) is 6.71. The second kappa shape index (κ2) is 9.26. The van der Waals surface area contributed by atoms with Crippen molar-refractivity contribution in [2.24, 2.45) is 0 Å². The summed E-state index contributed by atoms with van der Waals surface area (Å²) in [6.45, 7) is 10.4. The lowest BCUT2D eigenvalue weighted by molar-refractivity contribution is 0.0490. The summed E-state index contributed by atoms with van der Waals surface area (Å²) >= 11 is 0. The Bertz CT molecular complexity index is 691. The SMILES string of the molecule is CCN(c1cncc(C(=O)OC)c1C)[C@H]1CC[C@H](NC(=O)OC(C)(C)C)CC1. The lowest BCUT2D eigenvalue weighted by Gasteiger charge is -2.38. The van der Waals surface area contributed by atoms with Crippen molar-refractivity contribution in [1.82, 2.24) is 10.3 Å². The quantitative estimate of drug-likeness (QED) is 0.768. The van der Waals surface area contributed by atoms with E-state index in [1.807, 2.05) is 33.9 Å². The lowest BCUT2D eigenvalue weighted by atomic mass is 9.89. The highest BCUT2D eigenvalue weighted by atomic mass is 16.6. The van der Waals surface area contributed by atoms with E-state index in [1.165, 1.54) is 7.11 Å². The topological polar surface area (TPSA) is 80.8 Å². The minimum absolute atomic E-state index is 0.130. The number of pyridine rings is 1. The van der Waals surface area contributed by atoms with E-state index in [1.54, 1.807) is 6.20 Å². The van der Waals surface area contributed by atoms with Gasteiger partial charge in [-0.25, -0.2) is 9.59 Å². The third-order valence-electron chi connectivity index (χ3n) is 5.10. The van der Waals surface area contributed by atoms with E-state index >= 15 is 0 Å². The standard InChI is InChI=1S/C21H33N3O4/c1-7-24(18-13-22-12-17(14(18)2)19(25)27-6)16-10-8-15(9-11-16)23-20(26)28-21(3,4)5/h12-13,15-16H,7-11H2,1-6H3,(H,23,26)/t15-,16-. The molecule has 7 nitrogen and oxygen atoms in total. The highest BCUT2D eigenvalue weighted by Crippen LogP contribution is 2.30. The van der Waals surface area contributed by atoms with Crippen LogP contribution in [0.3, 0.4) is 0 Å². The Morgan fingerprint density at radius 2 is 1.86 bits per heavy atom. The molecule has 1 heterocycles. The van der Waals surface area contributed by atoms with Crippen LogP contribution in [0.2, 0.25) is 0 Å². The number of hydrogen-bond acceptors (Lipinski definition) is 6. The third kappa shape index (κ3) is 5.59. The van der Waals surface area contributed by atoms with Crippen LogP contribution >= 0.6 is 0 Å². The van der Waals surface area contributed by atoms with Crippen molar-refractivity contribution in [3.8, 4) is 0 Å². The Hall–Kier alpha value is -2.31. The number of ether oxygens (including phenoxy) is 2. The van der Waals surface area contributed by atoms with Crippen LogP contribution in [0.1, 0.15) is 69.3 Å². The summed E-state index contributed by atoms with van der Waals surface area (Å²) in [5.74, 6) is -0.367. The molecule has 1 aliphatic rings. The van der Waals surface area contributed by atoms with Gasteiger partial charge in [-0.15, -0.1) is 0 Å². The molecule has 1 aromatic heterocycles. The van der Waals surface area contributed by atoms with Gasteiger partial charge in [0.1, 0.15) is 5.60 Å². The maximum atomic E-state index is 12.0. The van der Waals surface area contributed by atoms with Crippen molar-refractivity contribution in [3.05, 3.63) is 23.5 Å². The van der Waals surface area contributed by atoms with Gasteiger partial charge >= 0.3 is 12.1 Å². The molecule has 1 aliphatic carbocycles. The van der Waals surface area contributed by atoms with Crippen molar-refractivity contribution in [3.63, 3.8) is 0 Å². The number of hydrogen-bond donors (Lipinski definition) is 1. The average molecular weight is 392 g/mol. The number of carbonyl (C=O) groups is 2. The Kier molecular flexibility index (Phi) is 7.27. The third-order valence-corrected chi connectivity index (χ3v) is 5.10. The predicted octanol–water partition coefficient (Wildman–Crippen LogP) is 3.84. The molecule has 0 saturated heterocycles. The summed E-state index contributed by atoms with van der Waals surface area (Å²) in [5.41, 5.74) is 1.86. The zero-order valence-electron chi connectivity index (χ0n) is 17.9. The number of nitrogens with zero attached hydrogens (tertiary/aromatic N) is 2. The van der Waals surface area contributed by atoms with Crippen molar-refractivity contribution in [2.45, 2.75) is 78.0 Å². The minimum Gasteiger partial charge on any atom is -0.465 e. The van der Waals surface area contributed by atoms with Gasteiger partial charge in [0.2, 0.25) is 0 Å². The second-order valence-electron chi connectivity index (χ2n) is 8.26. The van der Waals surface area contributed by atoms with Crippen molar-refractivity contribution in [2.75, 3.05) is 18.6 Å². The molecule has 1 fully saturated rings. The van der Waals surface area contributed by atoms with E-state index in [9.17, 15) is 9.59 Å². The smallest absolute Gasteiger partial charge is 0.407 e. The normalized spacial score (nSPS) is 19.6. The van der Waals surface area contributed by atoms with Gasteiger partial charge in [-0.3, -0.25) is 4.98 Å². The minimum atomic E-state index is -0.491. The number of rotatable bonds is 5. The molecular weight excluding hydrogens is 358 g/mol. The molecule has 7 heteroatoms. The summed E-state index contributed by atoms with van der Waals surface area (Å²) in [4.78, 5) is 30.5. The monoisotopic (exact) mass is 391 g/mol. The zero-order chi connectivity index (χ0) is 20.9. The first-order valence-electron chi connectivity index (χ1n) is 9.95. The molecule has 0 unspecified atom stereocenters. The number of amides is 1. The van der Waals surface area contributed by atoms with Gasteiger partial charge < -0.3 is 19.7 Å². The molecule has 1 aromatic rings. The number of methoxy groups -OCH3 is 1. The average Bonchev–Trinajstić information content (AvgIpc) is 2.62. The highest BCUT2D eigenvalue weighted by Gasteiger charge is 2.29. The van der Waals surface area contributed by atoms with E-state index in [0.29, 0.717) is 11.6 Å². The molecule has 1 amide bonds. The Balaban J connectivity index is 2.03. The van der Waals surface area contributed by atoms with Gasteiger partial charge in [0.05, 0.1) is 24.6 Å². The number of anilines is 1. The molecule has 0 radical (unpaired) electrons. The fraction of sp³-hybridized carbons (Fsp3) is 0.667. The summed E-state index contributed by atoms with van der Waals surface area (Å²) in [7, 11) is 1.38. The summed E-state index contributed by atoms with van der Waals surface area (Å²) in [6, 6.07) is 0.473. The van der Waals surface area contributed by atoms with Gasteiger partial charge in [0.25, 0.3) is 0 Å². The molecule has 28 heavy (non-hydrogen) atoms. The van der Waals surface area contributed by atoms with E-state index in [-0.39, 0.29) is 18.1 Å². The number of nitrogens with one attached hydrogen (secondary N) is 1. The Labute approximate surface area is 167 Å². The van der Waals surface area contributed by atoms with Crippen molar-refractivity contribution in [1.29, 1.82) is 0 Å². The maximum absolute atomic E-state index is 12.0. The fourth-order valence-electron chi connectivity index (χ4n) is 3.75. The van der Waals surface area contributed by atoms with Gasteiger partial charge in [-0.1, -0.05) is 0 Å². The molecule has 0 aromatic carbocycles. The molecule has 2 rings (SSSR count). The van der Waals surface area contributed by atoms with Gasteiger partial charge in [-0.05, 0) is 65.9 Å². The maximum Gasteiger partial charge on any atom is 0.407 e. The van der Waals surface area contributed by atoms with E-state index < -0.39 is 5.60 Å². The van der Waals surface area contributed by atoms with Crippen LogP contribution < -0.4 is 10.2 Å². The summed E-state index contributed by atoms with van der Waals surface area (Å²) < 4.78 is 10.2. The second-order valence-corrected chi connectivity index (χ2v) is 8.26. The molecule has 1 N–H and O–H groups in total. The van der Waals surface area contributed by atoms with Gasteiger partial charge in [0.15, 0.2) is 0 Å². The van der Waals surface area contributed by atoms with Crippen LogP contribution in [0, 0.1) is 6.92 Å². The number of carbonyl (C=O) groups excluding carboxylic acids is 2. The first-order chi connectivity index (χ1) is 13.2. The summed E-state index contributed by atoms with van der Waals surface area (Å²) in [5, 5.41) is 2.98. The van der Waals surface area contributed by atoms with Crippen LogP contribution in [0.25, 0.3) is 0 Å². The van der Waals surface area contributed by atoms with Crippen molar-refractivity contribution >= 4 is 17.7 Å². The van der Waals surface area contributed by atoms with Gasteiger partial charge in [-0.2, -0.15) is 0 Å². The van der Waals surface area contributed by atoms with Crippen LogP contribution in [-0.2, 0) is 9.47 Å². The molecule has 0 atom stereocenters. The Morgan fingerprint density at radius 1 is 1.21 bits per heavy atom. The fourth-order valence-corrected chi connectivity index (χ4v) is 3.75. The molecule has 0 spiro atoms.